The van der Waals surface area contributed by atoms with Crippen molar-refractivity contribution in [3.8, 4) is 5.75 Å². The van der Waals surface area contributed by atoms with Gasteiger partial charge in [0, 0.05) is 13.1 Å². The molecule has 2 aromatic carbocycles. The molecule has 2 heterocycles. The Morgan fingerprint density at radius 2 is 1.61 bits per heavy atom. The maximum absolute atomic E-state index is 13.7. The van der Waals surface area contributed by atoms with E-state index >= 15 is 0 Å². The number of likely N-dealkylation sites (tertiary alicyclic amines) is 1. The molecule has 0 unspecified atom stereocenters. The van der Waals surface area contributed by atoms with Crippen LogP contribution in [0.15, 0.2) is 54.2 Å². The molecule has 0 saturated carbocycles. The fourth-order valence-electron chi connectivity index (χ4n) is 4.46. The van der Waals surface area contributed by atoms with Crippen LogP contribution in [0.4, 0.5) is 5.69 Å². The van der Waals surface area contributed by atoms with Crippen molar-refractivity contribution < 1.29 is 14.3 Å². The number of amides is 2. The van der Waals surface area contributed by atoms with E-state index in [9.17, 15) is 9.59 Å². The van der Waals surface area contributed by atoms with E-state index in [2.05, 4.69) is 11.9 Å². The molecule has 0 atom stereocenters. The van der Waals surface area contributed by atoms with Crippen molar-refractivity contribution in [3.63, 3.8) is 0 Å². The van der Waals surface area contributed by atoms with Gasteiger partial charge in [-0.2, -0.15) is 0 Å². The van der Waals surface area contributed by atoms with Crippen LogP contribution in [-0.4, -0.2) is 62.0 Å². The van der Waals surface area contributed by atoms with Crippen molar-refractivity contribution in [2.75, 3.05) is 39.2 Å². The number of nitrogens with zero attached hydrogens (tertiary/aromatic N) is 3. The summed E-state index contributed by atoms with van der Waals surface area (Å²) in [6, 6.07) is 15.1. The molecule has 162 valence electrons. The number of hydrogen-bond acceptors (Lipinski definition) is 5. The van der Waals surface area contributed by atoms with Crippen molar-refractivity contribution in [1.82, 2.24) is 9.80 Å². The maximum atomic E-state index is 13.7. The van der Waals surface area contributed by atoms with Gasteiger partial charge in [-0.1, -0.05) is 30.3 Å². The predicted molar refractivity (Wildman–Crippen MR) is 122 cm³/mol. The van der Waals surface area contributed by atoms with E-state index in [0.717, 1.165) is 37.1 Å². The molecule has 0 aromatic heterocycles. The van der Waals surface area contributed by atoms with Crippen molar-refractivity contribution in [2.24, 2.45) is 0 Å². The molecule has 6 nitrogen and oxygen atoms in total. The van der Waals surface area contributed by atoms with Gasteiger partial charge in [-0.15, -0.1) is 0 Å². The number of piperidine rings is 1. The highest BCUT2D eigenvalue weighted by molar-refractivity contribution is 6.45. The van der Waals surface area contributed by atoms with Crippen molar-refractivity contribution in [2.45, 2.75) is 25.8 Å². The molecule has 2 aliphatic heterocycles. The number of para-hydroxylation sites is 1. The minimum absolute atomic E-state index is 0.216. The number of carbonyl (C=O) groups is 2. The third-order valence-corrected chi connectivity index (χ3v) is 6.38. The predicted octanol–water partition coefficient (Wildman–Crippen LogP) is 3.31. The summed E-state index contributed by atoms with van der Waals surface area (Å²) in [5, 5.41) is 0. The first-order chi connectivity index (χ1) is 14.9. The van der Waals surface area contributed by atoms with E-state index < -0.39 is 0 Å². The zero-order valence-corrected chi connectivity index (χ0v) is 18.6. The smallest absolute Gasteiger partial charge is 0.282 e. The molecule has 31 heavy (non-hydrogen) atoms. The summed E-state index contributed by atoms with van der Waals surface area (Å²) in [5.41, 5.74) is 3.19. The third kappa shape index (κ3) is 3.83. The van der Waals surface area contributed by atoms with Crippen molar-refractivity contribution in [3.05, 3.63) is 65.4 Å². The van der Waals surface area contributed by atoms with Crippen molar-refractivity contribution in [1.29, 1.82) is 0 Å². The first-order valence-corrected chi connectivity index (χ1v) is 10.7. The molecule has 1 saturated heterocycles. The molecule has 2 aliphatic rings. The largest absolute Gasteiger partial charge is 0.497 e. The lowest BCUT2D eigenvalue weighted by molar-refractivity contribution is -0.120. The molecule has 4 rings (SSSR count). The Labute approximate surface area is 183 Å². The standard InChI is InChI=1S/C25H29N3O3/c1-17-7-5-6-8-21(17)28-24(29)22(18-9-11-20(31-4)12-10-18)23(25(28)30)27(3)19-13-15-26(2)16-14-19/h5-12,19H,13-16H2,1-4H3. The molecular weight excluding hydrogens is 390 g/mol. The molecular formula is C25H29N3O3. The number of ether oxygens (including phenoxy) is 1. The molecule has 1 fully saturated rings. The minimum atomic E-state index is -0.278. The summed E-state index contributed by atoms with van der Waals surface area (Å²) < 4.78 is 5.27. The number of methoxy groups -OCH3 is 1. The number of aryl methyl sites for hydroxylation is 1. The lowest BCUT2D eigenvalue weighted by atomic mass is 10.00. The fraction of sp³-hybridized carbons (Fsp3) is 0.360. The average Bonchev–Trinajstić information content (AvgIpc) is 3.04. The van der Waals surface area contributed by atoms with Crippen LogP contribution in [0.2, 0.25) is 0 Å². The van der Waals surface area contributed by atoms with E-state index in [4.69, 9.17) is 4.74 Å². The van der Waals surface area contributed by atoms with Crippen LogP contribution < -0.4 is 9.64 Å². The summed E-state index contributed by atoms with van der Waals surface area (Å²) >= 11 is 0. The van der Waals surface area contributed by atoms with Crippen LogP contribution >= 0.6 is 0 Å². The number of imide groups is 1. The van der Waals surface area contributed by atoms with Gasteiger partial charge in [0.2, 0.25) is 0 Å². The maximum Gasteiger partial charge on any atom is 0.282 e. The number of carbonyl (C=O) groups excluding carboxylic acids is 2. The van der Waals surface area contributed by atoms with E-state index in [1.54, 1.807) is 7.11 Å². The normalized spacial score (nSPS) is 18.1. The Kier molecular flexibility index (Phi) is 5.83. The summed E-state index contributed by atoms with van der Waals surface area (Å²) in [4.78, 5) is 33.0. The molecule has 0 aliphatic carbocycles. The number of likely N-dealkylation sites (N-methyl/N-ethyl adjacent to an activating group) is 1. The highest BCUT2D eigenvalue weighted by Crippen LogP contribution is 2.37. The van der Waals surface area contributed by atoms with Crippen molar-refractivity contribution >= 4 is 23.1 Å². The summed E-state index contributed by atoms with van der Waals surface area (Å²) in [6.45, 7) is 3.87. The van der Waals surface area contributed by atoms with Gasteiger partial charge in [-0.3, -0.25) is 9.59 Å². The zero-order chi connectivity index (χ0) is 22.1. The van der Waals surface area contributed by atoms with E-state index in [-0.39, 0.29) is 17.9 Å². The molecule has 0 spiro atoms. The Bertz CT molecular complexity index is 1020. The second-order valence-electron chi connectivity index (χ2n) is 8.33. The summed E-state index contributed by atoms with van der Waals surface area (Å²) in [7, 11) is 5.67. The van der Waals surface area contributed by atoms with E-state index in [0.29, 0.717) is 22.7 Å². The first-order valence-electron chi connectivity index (χ1n) is 10.7. The highest BCUT2D eigenvalue weighted by Gasteiger charge is 2.43. The lowest BCUT2D eigenvalue weighted by Crippen LogP contribution is -2.43. The Hall–Kier alpha value is -3.12. The number of anilines is 1. The Morgan fingerprint density at radius 3 is 2.23 bits per heavy atom. The zero-order valence-electron chi connectivity index (χ0n) is 18.6. The van der Waals surface area contributed by atoms with Crippen LogP contribution in [0.1, 0.15) is 24.0 Å². The van der Waals surface area contributed by atoms with Gasteiger partial charge in [-0.05, 0) is 69.2 Å². The van der Waals surface area contributed by atoms with Crippen LogP contribution in [-0.2, 0) is 9.59 Å². The molecule has 0 bridgehead atoms. The monoisotopic (exact) mass is 419 g/mol. The second-order valence-corrected chi connectivity index (χ2v) is 8.33. The minimum Gasteiger partial charge on any atom is -0.497 e. The van der Waals surface area contributed by atoms with Gasteiger partial charge in [0.15, 0.2) is 0 Å². The van der Waals surface area contributed by atoms with Gasteiger partial charge in [0.05, 0.1) is 18.4 Å². The molecule has 0 radical (unpaired) electrons. The lowest BCUT2D eigenvalue weighted by Gasteiger charge is -2.36. The number of rotatable bonds is 5. The highest BCUT2D eigenvalue weighted by atomic mass is 16.5. The first kappa shape index (κ1) is 21.1. The SMILES string of the molecule is COc1ccc(C2=C(N(C)C3CCN(C)CC3)C(=O)N(c3ccccc3C)C2=O)cc1. The second kappa shape index (κ2) is 8.55. The van der Waals surface area contributed by atoms with E-state index in [1.807, 2.05) is 67.4 Å². The Balaban J connectivity index is 1.79. The van der Waals surface area contributed by atoms with Crippen LogP contribution in [0.5, 0.6) is 5.75 Å². The molecule has 6 heteroatoms. The van der Waals surface area contributed by atoms with Crippen LogP contribution in [0, 0.1) is 6.92 Å². The van der Waals surface area contributed by atoms with Gasteiger partial charge >= 0.3 is 0 Å². The quantitative estimate of drug-likeness (QED) is 0.696. The third-order valence-electron chi connectivity index (χ3n) is 6.38. The molecule has 2 aromatic rings. The van der Waals surface area contributed by atoms with Crippen LogP contribution in [0.25, 0.3) is 5.57 Å². The van der Waals surface area contributed by atoms with Gasteiger partial charge in [-0.25, -0.2) is 4.90 Å². The number of benzene rings is 2. The fourth-order valence-corrected chi connectivity index (χ4v) is 4.46. The topological polar surface area (TPSA) is 53.1 Å². The molecule has 2 amide bonds. The van der Waals surface area contributed by atoms with E-state index in [1.165, 1.54) is 4.90 Å². The average molecular weight is 420 g/mol. The molecule has 0 N–H and O–H groups in total. The van der Waals surface area contributed by atoms with Gasteiger partial charge in [0.25, 0.3) is 11.8 Å². The van der Waals surface area contributed by atoms with Crippen LogP contribution in [0.3, 0.4) is 0 Å². The summed E-state index contributed by atoms with van der Waals surface area (Å²) in [5.74, 6) is 0.174. The van der Waals surface area contributed by atoms with Gasteiger partial charge in [0.1, 0.15) is 11.4 Å². The number of hydrogen-bond donors (Lipinski definition) is 0. The Morgan fingerprint density at radius 1 is 0.968 bits per heavy atom. The summed E-state index contributed by atoms with van der Waals surface area (Å²) in [6.07, 6.45) is 1.91. The van der Waals surface area contributed by atoms with Gasteiger partial charge < -0.3 is 14.5 Å².